The van der Waals surface area contributed by atoms with Crippen molar-refractivity contribution in [1.29, 1.82) is 0 Å². The van der Waals surface area contributed by atoms with E-state index >= 15 is 0 Å². The number of aryl methyl sites for hydroxylation is 3. The number of aliphatic hydroxyl groups excluding tert-OH is 1. The second kappa shape index (κ2) is 7.17. The number of fused-ring (bicyclic) bond motifs is 1. The molecule has 0 bridgehead atoms. The monoisotopic (exact) mass is 334 g/mol. The van der Waals surface area contributed by atoms with E-state index in [2.05, 4.69) is 15.4 Å². The summed E-state index contributed by atoms with van der Waals surface area (Å²) in [4.78, 5) is 29.0. The molecule has 7 heteroatoms. The van der Waals surface area contributed by atoms with Crippen molar-refractivity contribution in [2.75, 3.05) is 6.61 Å². The van der Waals surface area contributed by atoms with Gasteiger partial charge in [0, 0.05) is 25.4 Å². The quantitative estimate of drug-likeness (QED) is 0.732. The van der Waals surface area contributed by atoms with Crippen LogP contribution in [-0.2, 0) is 18.3 Å². The van der Waals surface area contributed by atoms with Crippen molar-refractivity contribution in [3.05, 3.63) is 27.2 Å². The van der Waals surface area contributed by atoms with Crippen LogP contribution in [0.15, 0.2) is 4.79 Å². The number of hydrogen-bond donors (Lipinski definition) is 3. The molecule has 1 unspecified atom stereocenters. The molecule has 24 heavy (non-hydrogen) atoms. The van der Waals surface area contributed by atoms with Crippen LogP contribution >= 0.6 is 0 Å². The molecule has 2 aromatic rings. The lowest BCUT2D eigenvalue weighted by atomic mass is 9.99. The highest BCUT2D eigenvalue weighted by Gasteiger charge is 2.20. The Labute approximate surface area is 141 Å². The largest absolute Gasteiger partial charge is 0.396 e. The summed E-state index contributed by atoms with van der Waals surface area (Å²) >= 11 is 0. The van der Waals surface area contributed by atoms with E-state index in [9.17, 15) is 9.59 Å². The van der Waals surface area contributed by atoms with Gasteiger partial charge in [0.15, 0.2) is 5.65 Å². The van der Waals surface area contributed by atoms with E-state index < -0.39 is 0 Å². The fraction of sp³-hybridized carbons (Fsp3) is 0.588. The standard InChI is InChI=1S/C17H26N4O3/c1-9(2)13(6-7-22)19-14(23)8-12-10(3)15-16(18-11(12)4)21(5)20-17(15)24/h9,13,22H,6-8H2,1-5H3,(H,19,23)(H,20,24). The van der Waals surface area contributed by atoms with Crippen molar-refractivity contribution in [1.82, 2.24) is 20.1 Å². The summed E-state index contributed by atoms with van der Waals surface area (Å²) in [5, 5.41) is 15.3. The first-order valence-corrected chi connectivity index (χ1v) is 8.21. The van der Waals surface area contributed by atoms with Crippen LogP contribution < -0.4 is 10.9 Å². The van der Waals surface area contributed by atoms with E-state index in [1.165, 1.54) is 0 Å². The maximum Gasteiger partial charge on any atom is 0.273 e. The molecule has 0 fully saturated rings. The highest BCUT2D eigenvalue weighted by atomic mass is 16.3. The third-order valence-electron chi connectivity index (χ3n) is 4.50. The number of carbonyl (C=O) groups is 1. The third kappa shape index (κ3) is 3.51. The molecule has 1 atom stereocenters. The lowest BCUT2D eigenvalue weighted by Gasteiger charge is -2.22. The predicted octanol–water partition coefficient (Wildman–Crippen LogP) is 0.944. The second-order valence-electron chi connectivity index (χ2n) is 6.61. The highest BCUT2D eigenvalue weighted by molar-refractivity contribution is 5.84. The van der Waals surface area contributed by atoms with Gasteiger partial charge in [0.25, 0.3) is 5.56 Å². The summed E-state index contributed by atoms with van der Waals surface area (Å²) in [5.41, 5.74) is 2.72. The molecule has 2 rings (SSSR count). The summed E-state index contributed by atoms with van der Waals surface area (Å²) in [6.45, 7) is 7.75. The van der Waals surface area contributed by atoms with Crippen LogP contribution in [0, 0.1) is 19.8 Å². The maximum absolute atomic E-state index is 12.4. The van der Waals surface area contributed by atoms with Gasteiger partial charge in [0.1, 0.15) is 0 Å². The Morgan fingerprint density at radius 1 is 1.38 bits per heavy atom. The molecule has 0 aliphatic carbocycles. The molecule has 2 heterocycles. The van der Waals surface area contributed by atoms with Gasteiger partial charge in [-0.05, 0) is 37.3 Å². The molecule has 3 N–H and O–H groups in total. The SMILES string of the molecule is Cc1nc2c(c(C)c1CC(=O)NC(CCO)C(C)C)c(=O)[nH]n2C. The molecule has 0 aromatic carbocycles. The lowest BCUT2D eigenvalue weighted by Crippen LogP contribution is -2.40. The molecule has 0 saturated heterocycles. The van der Waals surface area contributed by atoms with E-state index in [1.54, 1.807) is 11.7 Å². The van der Waals surface area contributed by atoms with Crippen LogP contribution in [0.3, 0.4) is 0 Å². The Balaban J connectivity index is 2.31. The molecule has 0 radical (unpaired) electrons. The van der Waals surface area contributed by atoms with Crippen molar-refractivity contribution >= 4 is 16.9 Å². The number of aromatic nitrogens is 3. The second-order valence-corrected chi connectivity index (χ2v) is 6.61. The van der Waals surface area contributed by atoms with Gasteiger partial charge in [-0.15, -0.1) is 0 Å². The topological polar surface area (TPSA) is 100 Å². The van der Waals surface area contributed by atoms with Gasteiger partial charge in [0.05, 0.1) is 11.8 Å². The molecule has 0 aliphatic rings. The third-order valence-corrected chi connectivity index (χ3v) is 4.50. The van der Waals surface area contributed by atoms with Crippen molar-refractivity contribution in [3.8, 4) is 0 Å². The fourth-order valence-electron chi connectivity index (χ4n) is 3.04. The molecule has 132 valence electrons. The summed E-state index contributed by atoms with van der Waals surface area (Å²) in [7, 11) is 1.74. The van der Waals surface area contributed by atoms with Gasteiger partial charge in [0.2, 0.25) is 5.91 Å². The van der Waals surface area contributed by atoms with Crippen LogP contribution in [0.1, 0.15) is 37.1 Å². The molecule has 1 amide bonds. The number of rotatable bonds is 6. The first kappa shape index (κ1) is 18.2. The Bertz CT molecular complexity index is 804. The highest BCUT2D eigenvalue weighted by Crippen LogP contribution is 2.20. The Morgan fingerprint density at radius 3 is 2.62 bits per heavy atom. The Hall–Kier alpha value is -2.15. The minimum Gasteiger partial charge on any atom is -0.396 e. The summed E-state index contributed by atoms with van der Waals surface area (Å²) in [6.07, 6.45) is 0.695. The van der Waals surface area contributed by atoms with Crippen molar-refractivity contribution < 1.29 is 9.90 Å². The van der Waals surface area contributed by atoms with Crippen molar-refractivity contribution in [2.45, 2.75) is 46.6 Å². The number of amides is 1. The van der Waals surface area contributed by atoms with Crippen LogP contribution in [0.5, 0.6) is 0 Å². The molecular formula is C17H26N4O3. The van der Waals surface area contributed by atoms with Gasteiger partial charge >= 0.3 is 0 Å². The van der Waals surface area contributed by atoms with E-state index in [0.717, 1.165) is 16.8 Å². The fourth-order valence-corrected chi connectivity index (χ4v) is 3.04. The average Bonchev–Trinajstić information content (AvgIpc) is 2.77. The normalized spacial score (nSPS) is 12.8. The number of hydrogen-bond acceptors (Lipinski definition) is 4. The van der Waals surface area contributed by atoms with Crippen LogP contribution in [0.2, 0.25) is 0 Å². The summed E-state index contributed by atoms with van der Waals surface area (Å²) in [5.74, 6) is 0.114. The number of nitrogens with zero attached hydrogens (tertiary/aromatic N) is 2. The van der Waals surface area contributed by atoms with Gasteiger partial charge in [-0.2, -0.15) is 0 Å². The van der Waals surface area contributed by atoms with Gasteiger partial charge < -0.3 is 10.4 Å². The van der Waals surface area contributed by atoms with Crippen LogP contribution in [0.25, 0.3) is 11.0 Å². The van der Waals surface area contributed by atoms with Gasteiger partial charge in [-0.25, -0.2) is 4.98 Å². The van der Waals surface area contributed by atoms with Crippen LogP contribution in [0.4, 0.5) is 0 Å². The number of aromatic amines is 1. The molecule has 7 nitrogen and oxygen atoms in total. The summed E-state index contributed by atoms with van der Waals surface area (Å²) < 4.78 is 1.59. The molecular weight excluding hydrogens is 308 g/mol. The van der Waals surface area contributed by atoms with Crippen LogP contribution in [-0.4, -0.2) is 38.4 Å². The van der Waals surface area contributed by atoms with E-state index in [4.69, 9.17) is 5.11 Å². The number of carbonyl (C=O) groups excluding carboxylic acids is 1. The molecule has 0 saturated carbocycles. The maximum atomic E-state index is 12.4. The first-order valence-electron chi connectivity index (χ1n) is 8.21. The zero-order chi connectivity index (χ0) is 18.0. The molecule has 2 aromatic heterocycles. The number of H-pyrrole nitrogens is 1. The Kier molecular flexibility index (Phi) is 5.43. The summed E-state index contributed by atoms with van der Waals surface area (Å²) in [6, 6.07) is -0.0695. The smallest absolute Gasteiger partial charge is 0.273 e. The molecule has 0 aliphatic heterocycles. The number of aliphatic hydroxyl groups is 1. The predicted molar refractivity (Wildman–Crippen MR) is 93.0 cm³/mol. The minimum absolute atomic E-state index is 0.0358. The lowest BCUT2D eigenvalue weighted by molar-refractivity contribution is -0.121. The zero-order valence-electron chi connectivity index (χ0n) is 14.9. The van der Waals surface area contributed by atoms with E-state index in [0.29, 0.717) is 17.5 Å². The van der Waals surface area contributed by atoms with Crippen molar-refractivity contribution in [3.63, 3.8) is 0 Å². The van der Waals surface area contributed by atoms with Gasteiger partial charge in [-0.3, -0.25) is 19.4 Å². The van der Waals surface area contributed by atoms with E-state index in [1.807, 2.05) is 27.7 Å². The number of pyridine rings is 1. The molecule has 0 spiro atoms. The Morgan fingerprint density at radius 2 is 2.04 bits per heavy atom. The van der Waals surface area contributed by atoms with E-state index in [-0.39, 0.29) is 36.5 Å². The van der Waals surface area contributed by atoms with Gasteiger partial charge in [-0.1, -0.05) is 13.8 Å². The first-order chi connectivity index (χ1) is 11.3. The number of nitrogens with one attached hydrogen (secondary N) is 2. The average molecular weight is 334 g/mol. The zero-order valence-corrected chi connectivity index (χ0v) is 14.9. The minimum atomic E-state index is -0.195. The van der Waals surface area contributed by atoms with Crippen molar-refractivity contribution in [2.24, 2.45) is 13.0 Å².